The van der Waals surface area contributed by atoms with Crippen LogP contribution in [0.4, 0.5) is 0 Å². The Hall–Kier alpha value is -1.02. The maximum Gasteiger partial charge on any atom is 0.119 e. The van der Waals surface area contributed by atoms with Gasteiger partial charge >= 0.3 is 0 Å². The molecule has 2 atom stereocenters. The van der Waals surface area contributed by atoms with Crippen LogP contribution in [0.15, 0.2) is 18.2 Å². The molecule has 0 amide bonds. The van der Waals surface area contributed by atoms with Gasteiger partial charge in [0, 0.05) is 12.6 Å². The predicted octanol–water partition coefficient (Wildman–Crippen LogP) is 2.24. The summed E-state index contributed by atoms with van der Waals surface area (Å²) >= 11 is 0. The molecule has 0 aromatic heterocycles. The third-order valence-corrected chi connectivity index (χ3v) is 3.86. The van der Waals surface area contributed by atoms with Gasteiger partial charge in [0.1, 0.15) is 5.75 Å². The van der Waals surface area contributed by atoms with Crippen LogP contribution in [-0.2, 0) is 6.42 Å². The van der Waals surface area contributed by atoms with E-state index in [1.54, 1.807) is 7.11 Å². The normalized spacial score (nSPS) is 28.9. The topological polar surface area (TPSA) is 12.5 Å². The van der Waals surface area contributed by atoms with Gasteiger partial charge in [0.2, 0.25) is 0 Å². The fourth-order valence-corrected chi connectivity index (χ4v) is 3.12. The monoisotopic (exact) mass is 203 g/mol. The summed E-state index contributed by atoms with van der Waals surface area (Å²) in [5.74, 6) is 1.87. The molecule has 1 aromatic carbocycles. The Labute approximate surface area is 90.8 Å². The number of ether oxygens (including phenoxy) is 1. The Morgan fingerprint density at radius 1 is 1.40 bits per heavy atom. The molecule has 1 saturated heterocycles. The van der Waals surface area contributed by atoms with E-state index < -0.39 is 0 Å². The molecule has 2 bridgehead atoms. The summed E-state index contributed by atoms with van der Waals surface area (Å²) in [7, 11) is 3.98. The summed E-state index contributed by atoms with van der Waals surface area (Å²) in [6.07, 6.45) is 2.58. The number of nitrogens with zero attached hydrogens (tertiary/aromatic N) is 1. The highest BCUT2D eigenvalue weighted by atomic mass is 16.5. The fourth-order valence-electron chi connectivity index (χ4n) is 3.12. The third kappa shape index (κ3) is 1.36. The van der Waals surface area contributed by atoms with Gasteiger partial charge < -0.3 is 4.74 Å². The standard InChI is InChI=1S/C13H17NO/c1-14-8-9-5-10-3-4-11(15-2)7-12(10)13(14)6-9/h3-4,7,9,13H,5-6,8H2,1-2H3/t9-,13-/m1/s1. The molecular formula is C13H17NO. The summed E-state index contributed by atoms with van der Waals surface area (Å²) in [6, 6.07) is 7.18. The molecule has 0 saturated carbocycles. The van der Waals surface area contributed by atoms with Gasteiger partial charge in [0.05, 0.1) is 7.11 Å². The summed E-state index contributed by atoms with van der Waals surface area (Å²) in [5, 5.41) is 0. The molecule has 1 aromatic rings. The van der Waals surface area contributed by atoms with Crippen LogP contribution in [0.1, 0.15) is 23.6 Å². The van der Waals surface area contributed by atoms with Crippen LogP contribution in [0.5, 0.6) is 5.75 Å². The van der Waals surface area contributed by atoms with Gasteiger partial charge in [-0.1, -0.05) is 6.07 Å². The zero-order chi connectivity index (χ0) is 10.4. The highest BCUT2D eigenvalue weighted by Crippen LogP contribution is 2.43. The SMILES string of the molecule is COc1ccc2c(c1)[C@H]1C[C@@H](C2)CN1C. The Bertz CT molecular complexity index is 388. The molecule has 1 fully saturated rings. The van der Waals surface area contributed by atoms with E-state index in [-0.39, 0.29) is 0 Å². The highest BCUT2D eigenvalue weighted by Gasteiger charge is 2.36. The van der Waals surface area contributed by atoms with Crippen molar-refractivity contribution in [2.75, 3.05) is 20.7 Å². The second-order valence-corrected chi connectivity index (χ2v) is 4.83. The molecule has 2 aliphatic rings. The molecule has 15 heavy (non-hydrogen) atoms. The van der Waals surface area contributed by atoms with Crippen molar-refractivity contribution in [1.29, 1.82) is 0 Å². The zero-order valence-electron chi connectivity index (χ0n) is 9.36. The van der Waals surface area contributed by atoms with Crippen LogP contribution in [0.3, 0.4) is 0 Å². The van der Waals surface area contributed by atoms with Crippen molar-refractivity contribution >= 4 is 0 Å². The van der Waals surface area contributed by atoms with E-state index in [0.29, 0.717) is 6.04 Å². The van der Waals surface area contributed by atoms with E-state index in [4.69, 9.17) is 4.74 Å². The number of hydrogen-bond acceptors (Lipinski definition) is 2. The van der Waals surface area contributed by atoms with Crippen molar-refractivity contribution in [1.82, 2.24) is 4.90 Å². The van der Waals surface area contributed by atoms with Gasteiger partial charge in [-0.3, -0.25) is 4.90 Å². The first kappa shape index (κ1) is 9.22. The molecule has 3 rings (SSSR count). The van der Waals surface area contributed by atoms with E-state index >= 15 is 0 Å². The fraction of sp³-hybridized carbons (Fsp3) is 0.538. The van der Waals surface area contributed by atoms with Crippen LogP contribution in [-0.4, -0.2) is 25.6 Å². The van der Waals surface area contributed by atoms with E-state index in [0.717, 1.165) is 11.7 Å². The molecule has 80 valence electrons. The number of methoxy groups -OCH3 is 1. The Morgan fingerprint density at radius 2 is 2.27 bits per heavy atom. The summed E-state index contributed by atoms with van der Waals surface area (Å²) in [5.41, 5.74) is 3.02. The van der Waals surface area contributed by atoms with Gasteiger partial charge in [0.15, 0.2) is 0 Å². The number of likely N-dealkylation sites (tertiary alicyclic amines) is 1. The lowest BCUT2D eigenvalue weighted by Gasteiger charge is -2.25. The van der Waals surface area contributed by atoms with Gasteiger partial charge in [0.25, 0.3) is 0 Å². The van der Waals surface area contributed by atoms with Gasteiger partial charge in [-0.15, -0.1) is 0 Å². The quantitative estimate of drug-likeness (QED) is 0.694. The smallest absolute Gasteiger partial charge is 0.119 e. The lowest BCUT2D eigenvalue weighted by Crippen LogP contribution is -2.17. The largest absolute Gasteiger partial charge is 0.497 e. The van der Waals surface area contributed by atoms with Gasteiger partial charge in [-0.2, -0.15) is 0 Å². The molecule has 0 N–H and O–H groups in total. The van der Waals surface area contributed by atoms with Crippen LogP contribution in [0.25, 0.3) is 0 Å². The van der Waals surface area contributed by atoms with Crippen molar-refractivity contribution in [3.8, 4) is 5.75 Å². The molecule has 0 unspecified atom stereocenters. The molecule has 1 heterocycles. The average molecular weight is 203 g/mol. The maximum atomic E-state index is 5.30. The summed E-state index contributed by atoms with van der Waals surface area (Å²) in [4.78, 5) is 2.48. The number of fused-ring (bicyclic) bond motifs is 4. The first-order valence-corrected chi connectivity index (χ1v) is 5.65. The van der Waals surface area contributed by atoms with Crippen LogP contribution < -0.4 is 4.74 Å². The van der Waals surface area contributed by atoms with Crippen molar-refractivity contribution in [2.24, 2.45) is 5.92 Å². The van der Waals surface area contributed by atoms with E-state index in [1.807, 2.05) is 0 Å². The second kappa shape index (κ2) is 3.24. The third-order valence-electron chi connectivity index (χ3n) is 3.86. The highest BCUT2D eigenvalue weighted by molar-refractivity contribution is 5.40. The lowest BCUT2D eigenvalue weighted by molar-refractivity contribution is 0.316. The second-order valence-electron chi connectivity index (χ2n) is 4.83. The Kier molecular flexibility index (Phi) is 1.99. The predicted molar refractivity (Wildman–Crippen MR) is 60.2 cm³/mol. The average Bonchev–Trinajstić information content (AvgIpc) is 2.55. The van der Waals surface area contributed by atoms with Crippen LogP contribution in [0.2, 0.25) is 0 Å². The lowest BCUT2D eigenvalue weighted by atomic mass is 9.84. The molecule has 1 aliphatic heterocycles. The van der Waals surface area contributed by atoms with E-state index in [9.17, 15) is 0 Å². The number of benzene rings is 1. The van der Waals surface area contributed by atoms with Gasteiger partial charge in [-0.05, 0) is 49.1 Å². The molecule has 0 radical (unpaired) electrons. The van der Waals surface area contributed by atoms with Crippen LogP contribution >= 0.6 is 0 Å². The maximum absolute atomic E-state index is 5.30. The minimum Gasteiger partial charge on any atom is -0.497 e. The van der Waals surface area contributed by atoms with Crippen molar-refractivity contribution in [2.45, 2.75) is 18.9 Å². The van der Waals surface area contributed by atoms with Crippen molar-refractivity contribution < 1.29 is 4.74 Å². The van der Waals surface area contributed by atoms with E-state index in [2.05, 4.69) is 30.1 Å². The summed E-state index contributed by atoms with van der Waals surface area (Å²) in [6.45, 7) is 1.25. The number of hydrogen-bond donors (Lipinski definition) is 0. The summed E-state index contributed by atoms with van der Waals surface area (Å²) < 4.78 is 5.30. The first-order valence-electron chi connectivity index (χ1n) is 5.65. The zero-order valence-corrected chi connectivity index (χ0v) is 9.36. The molecule has 2 heteroatoms. The molecule has 0 spiro atoms. The minimum atomic E-state index is 0.633. The number of rotatable bonds is 1. The van der Waals surface area contributed by atoms with Crippen molar-refractivity contribution in [3.63, 3.8) is 0 Å². The molecule has 2 nitrogen and oxygen atoms in total. The van der Waals surface area contributed by atoms with Crippen molar-refractivity contribution in [3.05, 3.63) is 29.3 Å². The van der Waals surface area contributed by atoms with Crippen LogP contribution in [0, 0.1) is 5.92 Å². The minimum absolute atomic E-state index is 0.633. The van der Waals surface area contributed by atoms with Gasteiger partial charge in [-0.25, -0.2) is 0 Å². The Balaban J connectivity index is 2.06. The Morgan fingerprint density at radius 3 is 3.07 bits per heavy atom. The molecular weight excluding hydrogens is 186 g/mol. The molecule has 1 aliphatic carbocycles. The van der Waals surface area contributed by atoms with E-state index in [1.165, 1.54) is 30.5 Å². The first-order chi connectivity index (χ1) is 7.28.